The summed E-state index contributed by atoms with van der Waals surface area (Å²) in [6.45, 7) is 9.69. The Morgan fingerprint density at radius 2 is 1.63 bits per heavy atom. The first kappa shape index (κ1) is 33.1. The van der Waals surface area contributed by atoms with Crippen molar-refractivity contribution in [3.05, 3.63) is 98.1 Å². The fourth-order valence-electron chi connectivity index (χ4n) is 4.92. The molecule has 0 radical (unpaired) electrons. The molecule has 1 fully saturated rings. The van der Waals surface area contributed by atoms with Crippen molar-refractivity contribution in [3.63, 3.8) is 0 Å². The van der Waals surface area contributed by atoms with Gasteiger partial charge in [0.2, 0.25) is 0 Å². The van der Waals surface area contributed by atoms with Gasteiger partial charge in [0, 0.05) is 30.6 Å². The molecular weight excluding hydrogens is 621 g/mol. The molecular formula is C35H38N4O5S2. The van der Waals surface area contributed by atoms with Gasteiger partial charge in [0.1, 0.15) is 5.75 Å². The van der Waals surface area contributed by atoms with E-state index in [1.165, 1.54) is 16.9 Å². The van der Waals surface area contributed by atoms with E-state index in [-0.39, 0.29) is 35.6 Å². The zero-order chi connectivity index (χ0) is 32.8. The van der Waals surface area contributed by atoms with Gasteiger partial charge in [0.15, 0.2) is 0 Å². The summed E-state index contributed by atoms with van der Waals surface area (Å²) in [4.78, 5) is 39.4. The van der Waals surface area contributed by atoms with Crippen LogP contribution in [0.4, 0.5) is 0 Å². The molecule has 1 unspecified atom stereocenters. The largest absolute Gasteiger partial charge is 0.506 e. The minimum atomic E-state index is -0.454. The van der Waals surface area contributed by atoms with Gasteiger partial charge >= 0.3 is 0 Å². The molecule has 0 bridgehead atoms. The van der Waals surface area contributed by atoms with Crippen LogP contribution < -0.4 is 16.1 Å². The van der Waals surface area contributed by atoms with E-state index in [1.807, 2.05) is 17.5 Å². The number of nitrogens with zero attached hydrogens (tertiary/aromatic N) is 1. The third-order valence-electron chi connectivity index (χ3n) is 7.73. The quantitative estimate of drug-likeness (QED) is 0.115. The minimum absolute atomic E-state index is 0.0367. The van der Waals surface area contributed by atoms with Gasteiger partial charge in [-0.1, -0.05) is 57.2 Å². The Morgan fingerprint density at radius 3 is 2.28 bits per heavy atom. The predicted molar refractivity (Wildman–Crippen MR) is 183 cm³/mol. The maximum atomic E-state index is 12.8. The van der Waals surface area contributed by atoms with E-state index in [2.05, 4.69) is 54.1 Å². The second-order valence-electron chi connectivity index (χ2n) is 12.2. The molecule has 11 heteroatoms. The molecule has 0 saturated carbocycles. The van der Waals surface area contributed by atoms with Crippen LogP contribution in [-0.2, 0) is 16.7 Å². The summed E-state index contributed by atoms with van der Waals surface area (Å²) < 4.78 is 5.54. The van der Waals surface area contributed by atoms with E-state index in [1.54, 1.807) is 43.3 Å². The average Bonchev–Trinajstić information content (AvgIpc) is 3.83. The number of aromatic hydroxyl groups is 1. The van der Waals surface area contributed by atoms with Crippen LogP contribution in [0.3, 0.4) is 0 Å². The summed E-state index contributed by atoms with van der Waals surface area (Å²) in [6, 6.07) is 18.3. The molecule has 240 valence electrons. The highest BCUT2D eigenvalue weighted by Crippen LogP contribution is 2.39. The van der Waals surface area contributed by atoms with Crippen LogP contribution >= 0.6 is 22.7 Å². The molecule has 0 aliphatic carbocycles. The van der Waals surface area contributed by atoms with E-state index >= 15 is 0 Å². The normalized spacial score (nSPS) is 15.0. The van der Waals surface area contributed by atoms with Crippen LogP contribution in [0.5, 0.6) is 5.75 Å². The molecule has 3 amide bonds. The number of carbonyl (C=O) groups excluding carboxylic acids is 3. The molecule has 4 aromatic rings. The van der Waals surface area contributed by atoms with Gasteiger partial charge in [-0.2, -0.15) is 5.10 Å². The van der Waals surface area contributed by atoms with Crippen LogP contribution in [0.2, 0.25) is 0 Å². The average molecular weight is 659 g/mol. The van der Waals surface area contributed by atoms with Crippen LogP contribution in [0.25, 0.3) is 10.4 Å². The Kier molecular flexibility index (Phi) is 10.4. The zero-order valence-electron chi connectivity index (χ0n) is 26.3. The minimum Gasteiger partial charge on any atom is -0.506 e. The lowest BCUT2D eigenvalue weighted by Gasteiger charge is -2.19. The smallest absolute Gasteiger partial charge is 0.281 e. The Bertz CT molecular complexity index is 1730. The number of ether oxygens (including phenoxy) is 1. The SMILES string of the molecule is C/C(=N\NC(=O)c1ccc(C(=O)NCc2ccc(C(=O)NCC3CCCO3)cc2)s1)c1csc(-c2ccc(C(C)(C)C)cc2)c1O. The van der Waals surface area contributed by atoms with Crippen molar-refractivity contribution < 1.29 is 24.2 Å². The third kappa shape index (κ3) is 8.09. The first-order chi connectivity index (χ1) is 22.0. The van der Waals surface area contributed by atoms with E-state index in [9.17, 15) is 19.5 Å². The van der Waals surface area contributed by atoms with Gasteiger partial charge < -0.3 is 20.5 Å². The summed E-state index contributed by atoms with van der Waals surface area (Å²) in [7, 11) is 0. The third-order valence-corrected chi connectivity index (χ3v) is 9.83. The van der Waals surface area contributed by atoms with E-state index in [4.69, 9.17) is 4.74 Å². The summed E-state index contributed by atoms with van der Waals surface area (Å²) in [5, 5.41) is 22.7. The molecule has 1 atom stereocenters. The highest BCUT2D eigenvalue weighted by molar-refractivity contribution is 7.16. The van der Waals surface area contributed by atoms with Gasteiger partial charge in [0.05, 0.1) is 32.0 Å². The molecule has 2 aromatic heterocycles. The monoisotopic (exact) mass is 658 g/mol. The molecule has 1 aliphatic heterocycles. The van der Waals surface area contributed by atoms with Gasteiger partial charge in [-0.05, 0) is 66.1 Å². The first-order valence-electron chi connectivity index (χ1n) is 15.1. The number of hydrogen-bond donors (Lipinski definition) is 4. The van der Waals surface area contributed by atoms with Crippen molar-refractivity contribution in [3.8, 4) is 16.2 Å². The van der Waals surface area contributed by atoms with Crippen molar-refractivity contribution in [2.24, 2.45) is 5.10 Å². The number of hydrazone groups is 1. The molecule has 1 aliphatic rings. The van der Waals surface area contributed by atoms with Gasteiger partial charge in [-0.25, -0.2) is 5.43 Å². The van der Waals surface area contributed by atoms with Crippen molar-refractivity contribution in [1.82, 2.24) is 16.1 Å². The second-order valence-corrected chi connectivity index (χ2v) is 14.1. The Labute approximate surface area is 276 Å². The molecule has 3 heterocycles. The summed E-state index contributed by atoms with van der Waals surface area (Å²) in [6.07, 6.45) is 2.06. The molecule has 1 saturated heterocycles. The lowest BCUT2D eigenvalue weighted by Crippen LogP contribution is -2.31. The Hall–Kier alpha value is -4.32. The molecule has 2 aromatic carbocycles. The fourth-order valence-corrected chi connectivity index (χ4v) is 6.75. The van der Waals surface area contributed by atoms with Crippen molar-refractivity contribution in [2.45, 2.75) is 58.6 Å². The maximum Gasteiger partial charge on any atom is 0.281 e. The van der Waals surface area contributed by atoms with Crippen LogP contribution in [0, 0.1) is 0 Å². The van der Waals surface area contributed by atoms with Crippen molar-refractivity contribution in [2.75, 3.05) is 13.2 Å². The maximum absolute atomic E-state index is 12.8. The van der Waals surface area contributed by atoms with Crippen molar-refractivity contribution >= 4 is 46.1 Å². The number of benzene rings is 2. The fraction of sp³-hybridized carbons (Fsp3) is 0.314. The van der Waals surface area contributed by atoms with Gasteiger partial charge in [-0.3, -0.25) is 14.4 Å². The summed E-state index contributed by atoms with van der Waals surface area (Å²) >= 11 is 2.47. The van der Waals surface area contributed by atoms with Crippen LogP contribution in [-0.4, -0.2) is 47.8 Å². The standard InChI is InChI=1S/C35H38N4O5S2/c1-21(27-20-45-31(30(27)40)23-11-13-25(14-12-23)35(2,3)4)38-39-34(43)29-16-15-28(46-29)33(42)36-18-22-7-9-24(10-8-22)32(41)37-19-26-6-5-17-44-26/h7-16,20,26,40H,5-6,17-19H2,1-4H3,(H,36,42)(H,37,41)(H,39,43)/b38-21+. The Balaban J connectivity index is 1.12. The number of nitrogens with one attached hydrogen (secondary N) is 3. The van der Waals surface area contributed by atoms with E-state index in [0.29, 0.717) is 33.1 Å². The molecule has 46 heavy (non-hydrogen) atoms. The van der Waals surface area contributed by atoms with Crippen LogP contribution in [0.15, 0.2) is 71.1 Å². The molecule has 5 rings (SSSR count). The lowest BCUT2D eigenvalue weighted by atomic mass is 9.86. The first-order valence-corrected chi connectivity index (χ1v) is 16.8. The zero-order valence-corrected chi connectivity index (χ0v) is 27.9. The Morgan fingerprint density at radius 1 is 0.935 bits per heavy atom. The molecule has 9 nitrogen and oxygen atoms in total. The van der Waals surface area contributed by atoms with Crippen LogP contribution in [0.1, 0.15) is 86.9 Å². The second kappa shape index (κ2) is 14.4. The number of amides is 3. The van der Waals surface area contributed by atoms with Gasteiger partial charge in [0.25, 0.3) is 17.7 Å². The van der Waals surface area contributed by atoms with Crippen molar-refractivity contribution in [1.29, 1.82) is 0 Å². The number of thiophene rings is 2. The summed E-state index contributed by atoms with van der Waals surface area (Å²) in [5.74, 6) is -0.807. The van der Waals surface area contributed by atoms with Gasteiger partial charge in [-0.15, -0.1) is 22.7 Å². The highest BCUT2D eigenvalue weighted by atomic mass is 32.1. The topological polar surface area (TPSA) is 129 Å². The van der Waals surface area contributed by atoms with E-state index < -0.39 is 5.91 Å². The predicted octanol–water partition coefficient (Wildman–Crippen LogP) is 6.47. The highest BCUT2D eigenvalue weighted by Gasteiger charge is 2.19. The molecule has 0 spiro atoms. The summed E-state index contributed by atoms with van der Waals surface area (Å²) in [5.41, 5.74) is 7.06. The van der Waals surface area contributed by atoms with E-state index in [0.717, 1.165) is 46.8 Å². The number of rotatable bonds is 10. The number of hydrogen-bond acceptors (Lipinski definition) is 8. The molecule has 4 N–H and O–H groups in total. The lowest BCUT2D eigenvalue weighted by molar-refractivity contribution is 0.0857. The number of carbonyl (C=O) groups is 3.